The first-order valence-corrected chi connectivity index (χ1v) is 7.94. The van der Waals surface area contributed by atoms with Gasteiger partial charge in [0, 0.05) is 42.4 Å². The van der Waals surface area contributed by atoms with Crippen molar-refractivity contribution in [3.8, 4) is 0 Å². The third-order valence-electron chi connectivity index (χ3n) is 3.73. The fourth-order valence-electron chi connectivity index (χ4n) is 2.41. The zero-order valence-electron chi connectivity index (χ0n) is 12.1. The van der Waals surface area contributed by atoms with E-state index in [1.165, 1.54) is 24.8 Å². The van der Waals surface area contributed by atoms with Crippen molar-refractivity contribution in [1.29, 1.82) is 0 Å². The molecule has 1 aromatic heterocycles. The molecule has 3 nitrogen and oxygen atoms in total. The van der Waals surface area contributed by atoms with Gasteiger partial charge in [-0.1, -0.05) is 20.3 Å². The molecule has 0 amide bonds. The summed E-state index contributed by atoms with van der Waals surface area (Å²) in [6, 6.07) is 2.67. The highest BCUT2D eigenvalue weighted by Gasteiger charge is 2.20. The number of nitrogens with zero attached hydrogens (tertiary/aromatic N) is 2. The third-order valence-corrected chi connectivity index (χ3v) is 4.16. The Morgan fingerprint density at radius 3 is 2.79 bits per heavy atom. The van der Waals surface area contributed by atoms with Crippen molar-refractivity contribution < 1.29 is 0 Å². The van der Waals surface area contributed by atoms with E-state index in [0.717, 1.165) is 29.3 Å². The zero-order valence-corrected chi connectivity index (χ0v) is 13.7. The summed E-state index contributed by atoms with van der Waals surface area (Å²) < 4.78 is 1.05. The van der Waals surface area contributed by atoms with Crippen LogP contribution < -0.4 is 10.2 Å². The van der Waals surface area contributed by atoms with Crippen LogP contribution in [0.4, 0.5) is 5.82 Å². The largest absolute Gasteiger partial charge is 0.359 e. The standard InChI is InChI=1S/C15H24BrN3/c1-11(2)17-8-13-7-14(16)9-18-15(13)19(3)10-12-5-4-6-12/h7,9,11-12,17H,4-6,8,10H2,1-3H3. The molecule has 0 bridgehead atoms. The Morgan fingerprint density at radius 1 is 1.47 bits per heavy atom. The van der Waals surface area contributed by atoms with E-state index in [2.05, 4.69) is 58.1 Å². The van der Waals surface area contributed by atoms with E-state index in [1.807, 2.05) is 6.20 Å². The summed E-state index contributed by atoms with van der Waals surface area (Å²) >= 11 is 3.52. The average Bonchev–Trinajstić information content (AvgIpc) is 2.31. The van der Waals surface area contributed by atoms with Crippen molar-refractivity contribution in [2.24, 2.45) is 5.92 Å². The third kappa shape index (κ3) is 4.18. The SMILES string of the molecule is CC(C)NCc1cc(Br)cnc1N(C)CC1CCC1. The highest BCUT2D eigenvalue weighted by atomic mass is 79.9. The van der Waals surface area contributed by atoms with Crippen molar-refractivity contribution in [3.05, 3.63) is 22.3 Å². The molecule has 1 heterocycles. The lowest BCUT2D eigenvalue weighted by Crippen LogP contribution is -2.31. The van der Waals surface area contributed by atoms with Crippen molar-refractivity contribution in [1.82, 2.24) is 10.3 Å². The van der Waals surface area contributed by atoms with E-state index >= 15 is 0 Å². The highest BCUT2D eigenvalue weighted by Crippen LogP contribution is 2.29. The monoisotopic (exact) mass is 325 g/mol. The minimum absolute atomic E-state index is 0.490. The minimum Gasteiger partial charge on any atom is -0.359 e. The molecule has 0 unspecified atom stereocenters. The number of hydrogen-bond donors (Lipinski definition) is 1. The second-order valence-corrected chi connectivity index (χ2v) is 6.76. The minimum atomic E-state index is 0.490. The maximum Gasteiger partial charge on any atom is 0.132 e. The topological polar surface area (TPSA) is 28.2 Å². The number of aromatic nitrogens is 1. The molecule has 1 saturated carbocycles. The van der Waals surface area contributed by atoms with Gasteiger partial charge in [-0.25, -0.2) is 4.98 Å². The first kappa shape index (κ1) is 14.8. The Kier molecular flexibility index (Phi) is 5.22. The molecule has 106 valence electrons. The molecule has 0 aromatic carbocycles. The first-order valence-electron chi connectivity index (χ1n) is 7.15. The Balaban J connectivity index is 2.07. The molecule has 0 spiro atoms. The maximum atomic E-state index is 4.61. The zero-order chi connectivity index (χ0) is 13.8. The van der Waals surface area contributed by atoms with Crippen LogP contribution in [0.15, 0.2) is 16.7 Å². The maximum absolute atomic E-state index is 4.61. The van der Waals surface area contributed by atoms with Crippen molar-refractivity contribution in [2.75, 3.05) is 18.5 Å². The van der Waals surface area contributed by atoms with Crippen LogP contribution in [-0.4, -0.2) is 24.6 Å². The Morgan fingerprint density at radius 2 is 2.21 bits per heavy atom. The smallest absolute Gasteiger partial charge is 0.132 e. The number of nitrogens with one attached hydrogen (secondary N) is 1. The lowest BCUT2D eigenvalue weighted by atomic mass is 9.85. The number of rotatable bonds is 6. The normalized spacial score (nSPS) is 15.6. The summed E-state index contributed by atoms with van der Waals surface area (Å²) in [5, 5.41) is 3.48. The van der Waals surface area contributed by atoms with Gasteiger partial charge in [-0.15, -0.1) is 0 Å². The van der Waals surface area contributed by atoms with Crippen molar-refractivity contribution in [3.63, 3.8) is 0 Å². The second-order valence-electron chi connectivity index (χ2n) is 5.85. The summed E-state index contributed by atoms with van der Waals surface area (Å²) in [5.74, 6) is 1.98. The van der Waals surface area contributed by atoms with E-state index in [9.17, 15) is 0 Å². The van der Waals surface area contributed by atoms with Gasteiger partial charge in [0.2, 0.25) is 0 Å². The molecule has 0 aliphatic heterocycles. The van der Waals surface area contributed by atoms with Gasteiger partial charge in [0.05, 0.1) is 0 Å². The van der Waals surface area contributed by atoms with Gasteiger partial charge in [0.1, 0.15) is 5.82 Å². The fraction of sp³-hybridized carbons (Fsp3) is 0.667. The average molecular weight is 326 g/mol. The molecule has 1 N–H and O–H groups in total. The van der Waals surface area contributed by atoms with Crippen LogP contribution in [0, 0.1) is 5.92 Å². The fourth-order valence-corrected chi connectivity index (χ4v) is 2.79. The summed E-state index contributed by atoms with van der Waals surface area (Å²) in [5.41, 5.74) is 1.27. The number of pyridine rings is 1. The number of hydrogen-bond acceptors (Lipinski definition) is 3. The van der Waals surface area contributed by atoms with Gasteiger partial charge >= 0.3 is 0 Å². The molecular formula is C15H24BrN3. The van der Waals surface area contributed by atoms with Gasteiger partial charge < -0.3 is 10.2 Å². The van der Waals surface area contributed by atoms with Crippen LogP contribution in [-0.2, 0) is 6.54 Å². The van der Waals surface area contributed by atoms with Gasteiger partial charge in [-0.2, -0.15) is 0 Å². The first-order chi connectivity index (χ1) is 9.06. The molecule has 1 fully saturated rings. The quantitative estimate of drug-likeness (QED) is 0.866. The van der Waals surface area contributed by atoms with Crippen LogP contribution in [0.1, 0.15) is 38.7 Å². The summed E-state index contributed by atoms with van der Waals surface area (Å²) in [7, 11) is 2.16. The van der Waals surface area contributed by atoms with Crippen LogP contribution in [0.5, 0.6) is 0 Å². The summed E-state index contributed by atoms with van der Waals surface area (Å²) in [6.45, 7) is 6.34. The van der Waals surface area contributed by atoms with E-state index in [-0.39, 0.29) is 0 Å². The van der Waals surface area contributed by atoms with Crippen molar-refractivity contribution in [2.45, 2.75) is 45.7 Å². The van der Waals surface area contributed by atoms with Crippen LogP contribution in [0.2, 0.25) is 0 Å². The molecule has 1 aliphatic carbocycles. The molecule has 2 rings (SSSR count). The predicted octanol–water partition coefficient (Wildman–Crippen LogP) is 3.58. The van der Waals surface area contributed by atoms with Crippen molar-refractivity contribution >= 4 is 21.7 Å². The summed E-state index contributed by atoms with van der Waals surface area (Å²) in [6.07, 6.45) is 6.04. The lowest BCUT2D eigenvalue weighted by Gasteiger charge is -2.31. The summed E-state index contributed by atoms with van der Waals surface area (Å²) in [4.78, 5) is 6.92. The van der Waals surface area contributed by atoms with Gasteiger partial charge in [0.15, 0.2) is 0 Å². The van der Waals surface area contributed by atoms with Gasteiger partial charge in [-0.3, -0.25) is 0 Å². The Labute approximate surface area is 124 Å². The molecular weight excluding hydrogens is 302 g/mol. The molecule has 0 radical (unpaired) electrons. The van der Waals surface area contributed by atoms with Crippen LogP contribution >= 0.6 is 15.9 Å². The van der Waals surface area contributed by atoms with E-state index in [0.29, 0.717) is 6.04 Å². The molecule has 4 heteroatoms. The molecule has 19 heavy (non-hydrogen) atoms. The predicted molar refractivity (Wildman–Crippen MR) is 84.5 cm³/mol. The lowest BCUT2D eigenvalue weighted by molar-refractivity contribution is 0.321. The molecule has 0 saturated heterocycles. The number of anilines is 1. The van der Waals surface area contributed by atoms with E-state index < -0.39 is 0 Å². The van der Waals surface area contributed by atoms with E-state index in [1.54, 1.807) is 0 Å². The van der Waals surface area contributed by atoms with E-state index in [4.69, 9.17) is 0 Å². The molecule has 1 aliphatic rings. The van der Waals surface area contributed by atoms with Gasteiger partial charge in [0.25, 0.3) is 0 Å². The van der Waals surface area contributed by atoms with Crippen LogP contribution in [0.25, 0.3) is 0 Å². The Bertz CT molecular complexity index is 416. The molecule has 1 aromatic rings. The second kappa shape index (κ2) is 6.71. The highest BCUT2D eigenvalue weighted by molar-refractivity contribution is 9.10. The van der Waals surface area contributed by atoms with Gasteiger partial charge in [-0.05, 0) is 40.8 Å². The van der Waals surface area contributed by atoms with Crippen LogP contribution in [0.3, 0.4) is 0 Å². The Hall–Kier alpha value is -0.610. The molecule has 0 atom stereocenters. The number of halogens is 1.